The Morgan fingerprint density at radius 3 is 2.46 bits per heavy atom. The quantitative estimate of drug-likeness (QED) is 0.427. The molecular formula is C28H36ClF2N3O3. The monoisotopic (exact) mass is 535 g/mol. The van der Waals surface area contributed by atoms with Crippen LogP contribution in [-0.2, 0) is 14.3 Å². The molecule has 0 saturated carbocycles. The molecule has 202 valence electrons. The molecule has 0 aromatic heterocycles. The van der Waals surface area contributed by atoms with Gasteiger partial charge in [-0.3, -0.25) is 14.5 Å². The minimum Gasteiger partial charge on any atom is -0.375 e. The predicted molar refractivity (Wildman–Crippen MR) is 140 cm³/mol. The summed E-state index contributed by atoms with van der Waals surface area (Å²) in [6, 6.07) is 10.6. The summed E-state index contributed by atoms with van der Waals surface area (Å²) < 4.78 is 33.1. The van der Waals surface area contributed by atoms with Crippen molar-refractivity contribution in [2.75, 3.05) is 33.4 Å². The van der Waals surface area contributed by atoms with Crippen LogP contribution in [0.5, 0.6) is 0 Å². The van der Waals surface area contributed by atoms with E-state index in [0.717, 1.165) is 11.6 Å². The molecule has 1 saturated heterocycles. The molecule has 1 heterocycles. The first-order valence-corrected chi connectivity index (χ1v) is 12.9. The van der Waals surface area contributed by atoms with Crippen molar-refractivity contribution in [3.8, 4) is 0 Å². The molecule has 1 fully saturated rings. The van der Waals surface area contributed by atoms with E-state index < -0.39 is 17.6 Å². The van der Waals surface area contributed by atoms with E-state index in [-0.39, 0.29) is 35.9 Å². The summed E-state index contributed by atoms with van der Waals surface area (Å²) in [5.74, 6) is -2.50. The molecule has 1 aliphatic heterocycles. The van der Waals surface area contributed by atoms with E-state index in [9.17, 15) is 18.4 Å². The number of methoxy groups -OCH3 is 1. The first-order valence-electron chi connectivity index (χ1n) is 12.5. The minimum absolute atomic E-state index is 0.0475. The van der Waals surface area contributed by atoms with E-state index in [2.05, 4.69) is 36.3 Å². The Morgan fingerprint density at radius 1 is 1.14 bits per heavy atom. The van der Waals surface area contributed by atoms with Gasteiger partial charge in [-0.25, -0.2) is 8.78 Å². The highest BCUT2D eigenvalue weighted by atomic mass is 35.5. The van der Waals surface area contributed by atoms with E-state index in [1.165, 1.54) is 19.2 Å². The van der Waals surface area contributed by atoms with Crippen LogP contribution in [0, 0.1) is 17.6 Å². The highest BCUT2D eigenvalue weighted by Crippen LogP contribution is 2.37. The first-order chi connectivity index (χ1) is 17.5. The number of carbonyl (C=O) groups excluding carboxylic acids is 2. The van der Waals surface area contributed by atoms with Crippen molar-refractivity contribution in [2.24, 2.45) is 5.92 Å². The number of hydrogen-bond donors (Lipinski definition) is 2. The Balaban J connectivity index is 1.65. The normalized spacial score (nSPS) is 19.0. The van der Waals surface area contributed by atoms with E-state index in [0.29, 0.717) is 43.1 Å². The number of carbonyl (C=O) groups is 2. The average molecular weight is 536 g/mol. The highest BCUT2D eigenvalue weighted by molar-refractivity contribution is 6.30. The molecule has 2 amide bonds. The van der Waals surface area contributed by atoms with Crippen LogP contribution in [0.3, 0.4) is 0 Å². The van der Waals surface area contributed by atoms with Gasteiger partial charge in [0.1, 0.15) is 18.2 Å². The van der Waals surface area contributed by atoms with Crippen LogP contribution >= 0.6 is 11.6 Å². The maximum atomic E-state index is 14.7. The van der Waals surface area contributed by atoms with Gasteiger partial charge in [0.25, 0.3) is 0 Å². The number of nitrogens with zero attached hydrogens (tertiary/aromatic N) is 1. The summed E-state index contributed by atoms with van der Waals surface area (Å²) in [4.78, 5) is 27.6. The fourth-order valence-electron chi connectivity index (χ4n) is 4.77. The van der Waals surface area contributed by atoms with E-state index in [1.807, 2.05) is 12.1 Å². The van der Waals surface area contributed by atoms with Gasteiger partial charge in [0.05, 0.1) is 12.0 Å². The summed E-state index contributed by atoms with van der Waals surface area (Å²) >= 11 is 6.01. The average Bonchev–Trinajstić information content (AvgIpc) is 3.27. The summed E-state index contributed by atoms with van der Waals surface area (Å²) in [5.41, 5.74) is 1.07. The Labute approximate surface area is 222 Å². The second-order valence-corrected chi connectivity index (χ2v) is 10.9. The summed E-state index contributed by atoms with van der Waals surface area (Å²) in [6.45, 7) is 7.51. The van der Waals surface area contributed by atoms with Crippen molar-refractivity contribution in [1.82, 2.24) is 15.5 Å². The van der Waals surface area contributed by atoms with E-state index in [1.54, 1.807) is 12.1 Å². The van der Waals surface area contributed by atoms with Gasteiger partial charge in [-0.05, 0) is 62.9 Å². The zero-order valence-electron chi connectivity index (χ0n) is 21.8. The fraction of sp³-hybridized carbons (Fsp3) is 0.500. The maximum Gasteiger partial charge on any atom is 0.246 e. The van der Waals surface area contributed by atoms with Crippen LogP contribution in [-0.4, -0.2) is 55.6 Å². The van der Waals surface area contributed by atoms with Gasteiger partial charge in [-0.1, -0.05) is 29.8 Å². The van der Waals surface area contributed by atoms with Crippen molar-refractivity contribution >= 4 is 23.4 Å². The highest BCUT2D eigenvalue weighted by Gasteiger charge is 2.42. The summed E-state index contributed by atoms with van der Waals surface area (Å²) in [5, 5.41) is 6.56. The fourth-order valence-corrected chi connectivity index (χ4v) is 4.89. The zero-order valence-corrected chi connectivity index (χ0v) is 22.6. The van der Waals surface area contributed by atoms with E-state index in [4.69, 9.17) is 16.3 Å². The third-order valence-electron chi connectivity index (χ3n) is 6.82. The molecule has 2 aromatic carbocycles. The lowest BCUT2D eigenvalue weighted by Gasteiger charge is -2.31. The molecule has 0 aliphatic carbocycles. The molecule has 3 rings (SSSR count). The first kappa shape index (κ1) is 29.0. The van der Waals surface area contributed by atoms with Gasteiger partial charge in [0.15, 0.2) is 0 Å². The number of halogens is 3. The molecular weight excluding hydrogens is 500 g/mol. The number of rotatable bonds is 10. The SMILES string of the molecule is COCC(=O)N[C@@H](CCCNC(=O)[C@@H]1CN(C(C)(C)C)C[C@H]1c1ccc(F)cc1F)c1ccc(Cl)cc1. The zero-order chi connectivity index (χ0) is 27.2. The standard InChI is InChI=1S/C28H36ClF2N3O3/c1-28(2,3)34-15-22(21-12-11-20(30)14-24(21)31)23(16-34)27(36)32-13-5-6-25(33-26(35)17-37-4)18-7-9-19(29)10-8-18/h7-12,14,22-23,25H,5-6,13,15-17H2,1-4H3,(H,32,36)(H,33,35)/t22-,23+,25-/m0/s1. The molecule has 0 spiro atoms. The van der Waals surface area contributed by atoms with Crippen LogP contribution < -0.4 is 10.6 Å². The smallest absolute Gasteiger partial charge is 0.246 e. The maximum absolute atomic E-state index is 14.7. The molecule has 0 bridgehead atoms. The van der Waals surface area contributed by atoms with Gasteiger partial charge in [0, 0.05) is 49.3 Å². The Kier molecular flexibility index (Phi) is 10.0. The van der Waals surface area contributed by atoms with Crippen LogP contribution in [0.4, 0.5) is 8.78 Å². The molecule has 1 aliphatic rings. The molecule has 0 radical (unpaired) electrons. The van der Waals surface area contributed by atoms with E-state index >= 15 is 0 Å². The number of nitrogens with one attached hydrogen (secondary N) is 2. The Hall–Kier alpha value is -2.55. The molecule has 2 aromatic rings. The minimum atomic E-state index is -0.638. The van der Waals surface area contributed by atoms with Crippen LogP contribution in [0.25, 0.3) is 0 Å². The molecule has 0 unspecified atom stereocenters. The largest absolute Gasteiger partial charge is 0.375 e. The van der Waals surface area contributed by atoms with Crippen LogP contribution in [0.15, 0.2) is 42.5 Å². The Morgan fingerprint density at radius 2 is 1.84 bits per heavy atom. The predicted octanol–water partition coefficient (Wildman–Crippen LogP) is 4.83. The summed E-state index contributed by atoms with van der Waals surface area (Å²) in [6.07, 6.45) is 1.20. The molecule has 9 heteroatoms. The van der Waals surface area contributed by atoms with Gasteiger partial charge in [0.2, 0.25) is 11.8 Å². The second-order valence-electron chi connectivity index (χ2n) is 10.5. The lowest BCUT2D eigenvalue weighted by molar-refractivity contribution is -0.126. The van der Waals surface area contributed by atoms with Crippen molar-refractivity contribution in [3.63, 3.8) is 0 Å². The van der Waals surface area contributed by atoms with Crippen molar-refractivity contribution in [3.05, 3.63) is 70.2 Å². The van der Waals surface area contributed by atoms with Crippen molar-refractivity contribution < 1.29 is 23.1 Å². The molecule has 6 nitrogen and oxygen atoms in total. The number of ether oxygens (including phenoxy) is 1. The van der Waals surface area contributed by atoms with Crippen molar-refractivity contribution in [2.45, 2.75) is 51.1 Å². The lowest BCUT2D eigenvalue weighted by Crippen LogP contribution is -2.41. The molecule has 37 heavy (non-hydrogen) atoms. The summed E-state index contributed by atoms with van der Waals surface area (Å²) in [7, 11) is 1.46. The lowest BCUT2D eigenvalue weighted by atomic mass is 9.88. The third-order valence-corrected chi connectivity index (χ3v) is 7.07. The van der Waals surface area contributed by atoms with Crippen molar-refractivity contribution in [1.29, 1.82) is 0 Å². The van der Waals surface area contributed by atoms with Crippen LogP contribution in [0.2, 0.25) is 5.02 Å². The number of likely N-dealkylation sites (tertiary alicyclic amines) is 1. The third kappa shape index (κ3) is 7.97. The molecule has 2 N–H and O–H groups in total. The second kappa shape index (κ2) is 12.8. The van der Waals surface area contributed by atoms with Gasteiger partial charge in [-0.2, -0.15) is 0 Å². The number of amides is 2. The number of hydrogen-bond acceptors (Lipinski definition) is 4. The molecule has 3 atom stereocenters. The number of benzene rings is 2. The van der Waals surface area contributed by atoms with Gasteiger partial charge >= 0.3 is 0 Å². The topological polar surface area (TPSA) is 70.7 Å². The Bertz CT molecular complexity index is 1080. The van der Waals surface area contributed by atoms with Gasteiger partial charge in [-0.15, -0.1) is 0 Å². The van der Waals surface area contributed by atoms with Crippen LogP contribution in [0.1, 0.15) is 56.7 Å². The van der Waals surface area contributed by atoms with Gasteiger partial charge < -0.3 is 15.4 Å².